The standard InChI is InChI=1S/C11H13ClN6OS/c1-17-7-8(6-13-17)20-11-15-9(12)14-10(16-11)18-2-4-19-5-3-18/h6-7H,2-5H2,1H3. The minimum atomic E-state index is 0.202. The second-order valence-electron chi connectivity index (χ2n) is 4.24. The first kappa shape index (κ1) is 13.6. The molecule has 0 spiro atoms. The van der Waals surface area contributed by atoms with E-state index < -0.39 is 0 Å². The molecule has 3 rings (SSSR count). The molecule has 0 saturated carbocycles. The molecule has 0 atom stereocenters. The van der Waals surface area contributed by atoms with E-state index in [2.05, 4.69) is 20.1 Å². The highest BCUT2D eigenvalue weighted by Crippen LogP contribution is 2.26. The van der Waals surface area contributed by atoms with Gasteiger partial charge in [0.2, 0.25) is 11.2 Å². The van der Waals surface area contributed by atoms with Gasteiger partial charge in [0.1, 0.15) is 0 Å². The maximum Gasteiger partial charge on any atom is 0.230 e. The van der Waals surface area contributed by atoms with Crippen molar-refractivity contribution in [3.63, 3.8) is 0 Å². The van der Waals surface area contributed by atoms with Gasteiger partial charge in [-0.3, -0.25) is 4.68 Å². The predicted molar refractivity (Wildman–Crippen MR) is 75.2 cm³/mol. The molecule has 2 aromatic heterocycles. The Balaban J connectivity index is 1.82. The van der Waals surface area contributed by atoms with Gasteiger partial charge in [0.15, 0.2) is 5.16 Å². The van der Waals surface area contributed by atoms with Gasteiger partial charge in [-0.2, -0.15) is 20.1 Å². The summed E-state index contributed by atoms with van der Waals surface area (Å²) in [5, 5.41) is 4.88. The second kappa shape index (κ2) is 5.94. The molecule has 3 heterocycles. The first-order chi connectivity index (χ1) is 9.70. The van der Waals surface area contributed by atoms with Crippen molar-refractivity contribution < 1.29 is 4.74 Å². The molecule has 1 aliphatic rings. The maximum absolute atomic E-state index is 5.99. The summed E-state index contributed by atoms with van der Waals surface area (Å²) in [4.78, 5) is 15.8. The summed E-state index contributed by atoms with van der Waals surface area (Å²) in [6.45, 7) is 2.87. The van der Waals surface area contributed by atoms with E-state index in [9.17, 15) is 0 Å². The number of morpholine rings is 1. The lowest BCUT2D eigenvalue weighted by Gasteiger charge is -2.26. The van der Waals surface area contributed by atoms with Crippen molar-refractivity contribution in [2.24, 2.45) is 7.05 Å². The Bertz CT molecular complexity index is 600. The fourth-order valence-electron chi connectivity index (χ4n) is 1.83. The van der Waals surface area contributed by atoms with E-state index in [1.807, 2.05) is 18.1 Å². The first-order valence-corrected chi connectivity index (χ1v) is 7.31. The van der Waals surface area contributed by atoms with E-state index in [0.717, 1.165) is 18.0 Å². The number of nitrogens with zero attached hydrogens (tertiary/aromatic N) is 6. The lowest BCUT2D eigenvalue weighted by atomic mass is 10.4. The molecule has 1 fully saturated rings. The van der Waals surface area contributed by atoms with Crippen LogP contribution in [0.3, 0.4) is 0 Å². The molecule has 0 N–H and O–H groups in total. The van der Waals surface area contributed by atoms with Crippen LogP contribution in [0.5, 0.6) is 0 Å². The van der Waals surface area contributed by atoms with Gasteiger partial charge >= 0.3 is 0 Å². The molecule has 9 heteroatoms. The largest absolute Gasteiger partial charge is 0.378 e. The fourth-order valence-corrected chi connectivity index (χ4v) is 2.81. The number of aryl methyl sites for hydroxylation is 1. The molecule has 0 bridgehead atoms. The zero-order valence-corrected chi connectivity index (χ0v) is 12.4. The van der Waals surface area contributed by atoms with E-state index >= 15 is 0 Å². The van der Waals surface area contributed by atoms with E-state index in [-0.39, 0.29) is 5.28 Å². The highest BCUT2D eigenvalue weighted by Gasteiger charge is 2.16. The van der Waals surface area contributed by atoms with Crippen LogP contribution in [-0.4, -0.2) is 51.0 Å². The van der Waals surface area contributed by atoms with Crippen molar-refractivity contribution in [2.45, 2.75) is 10.1 Å². The summed E-state index contributed by atoms with van der Waals surface area (Å²) in [5.74, 6) is 0.597. The van der Waals surface area contributed by atoms with Crippen LogP contribution < -0.4 is 4.90 Å². The summed E-state index contributed by atoms with van der Waals surface area (Å²) in [7, 11) is 1.86. The van der Waals surface area contributed by atoms with E-state index in [4.69, 9.17) is 16.3 Å². The van der Waals surface area contributed by atoms with Crippen molar-refractivity contribution in [3.8, 4) is 0 Å². The molecule has 0 amide bonds. The van der Waals surface area contributed by atoms with Crippen LogP contribution in [0.4, 0.5) is 5.95 Å². The van der Waals surface area contributed by atoms with Crippen LogP contribution in [0.1, 0.15) is 0 Å². The number of rotatable bonds is 3. The number of anilines is 1. The van der Waals surface area contributed by atoms with Gasteiger partial charge < -0.3 is 9.64 Å². The molecule has 2 aromatic rings. The summed E-state index contributed by atoms with van der Waals surface area (Å²) in [6.07, 6.45) is 3.66. The van der Waals surface area contributed by atoms with Gasteiger partial charge in [0.05, 0.1) is 24.3 Å². The fraction of sp³-hybridized carbons (Fsp3) is 0.455. The summed E-state index contributed by atoms with van der Waals surface area (Å²) in [5.41, 5.74) is 0. The lowest BCUT2D eigenvalue weighted by Crippen LogP contribution is -2.37. The van der Waals surface area contributed by atoms with Crippen molar-refractivity contribution in [3.05, 3.63) is 17.7 Å². The quantitative estimate of drug-likeness (QED) is 0.844. The SMILES string of the molecule is Cn1cc(Sc2nc(Cl)nc(N3CCOCC3)n2)cn1. The zero-order valence-electron chi connectivity index (χ0n) is 10.9. The summed E-state index contributed by atoms with van der Waals surface area (Å²) < 4.78 is 7.05. The molecule has 1 saturated heterocycles. The number of ether oxygens (including phenoxy) is 1. The Labute approximate surface area is 125 Å². The van der Waals surface area contributed by atoms with Crippen LogP contribution in [0, 0.1) is 0 Å². The third kappa shape index (κ3) is 3.20. The Morgan fingerprint density at radius 1 is 1.25 bits per heavy atom. The van der Waals surface area contributed by atoms with Crippen LogP contribution in [0.15, 0.2) is 22.4 Å². The molecule has 20 heavy (non-hydrogen) atoms. The van der Waals surface area contributed by atoms with E-state index in [0.29, 0.717) is 24.3 Å². The molecule has 106 valence electrons. The number of aromatic nitrogens is 5. The molecule has 7 nitrogen and oxygen atoms in total. The zero-order chi connectivity index (χ0) is 13.9. The molecule has 0 aliphatic carbocycles. The van der Waals surface area contributed by atoms with Gasteiger partial charge in [-0.1, -0.05) is 0 Å². The minimum Gasteiger partial charge on any atom is -0.378 e. The van der Waals surface area contributed by atoms with Gasteiger partial charge in [-0.05, 0) is 23.4 Å². The van der Waals surface area contributed by atoms with Crippen molar-refractivity contribution >= 4 is 29.3 Å². The predicted octanol–water partition coefficient (Wildman–Crippen LogP) is 1.25. The Kier molecular flexibility index (Phi) is 4.04. The number of hydrogen-bond donors (Lipinski definition) is 0. The highest BCUT2D eigenvalue weighted by molar-refractivity contribution is 7.99. The van der Waals surface area contributed by atoms with Gasteiger partial charge in [0.25, 0.3) is 0 Å². The lowest BCUT2D eigenvalue weighted by molar-refractivity contribution is 0.122. The molecule has 1 aliphatic heterocycles. The average molecular weight is 313 g/mol. The normalized spacial score (nSPS) is 15.6. The van der Waals surface area contributed by atoms with Crippen molar-refractivity contribution in [1.29, 1.82) is 0 Å². The number of halogens is 1. The maximum atomic E-state index is 5.99. The Morgan fingerprint density at radius 3 is 2.75 bits per heavy atom. The van der Waals surface area contributed by atoms with Gasteiger partial charge in [-0.15, -0.1) is 0 Å². The molecular weight excluding hydrogens is 300 g/mol. The number of hydrogen-bond acceptors (Lipinski definition) is 7. The third-order valence-corrected chi connectivity index (χ3v) is 3.74. The van der Waals surface area contributed by atoms with Crippen LogP contribution in [0.25, 0.3) is 0 Å². The van der Waals surface area contributed by atoms with Gasteiger partial charge in [-0.25, -0.2) is 0 Å². The monoisotopic (exact) mass is 312 g/mol. The molecular formula is C11H13ClN6OS. The topological polar surface area (TPSA) is 69.0 Å². The van der Waals surface area contributed by atoms with Crippen molar-refractivity contribution in [1.82, 2.24) is 24.7 Å². The van der Waals surface area contributed by atoms with Crippen LogP contribution in [0.2, 0.25) is 5.28 Å². The molecule has 0 radical (unpaired) electrons. The van der Waals surface area contributed by atoms with Crippen LogP contribution in [-0.2, 0) is 11.8 Å². The smallest absolute Gasteiger partial charge is 0.230 e. The first-order valence-electron chi connectivity index (χ1n) is 6.11. The van der Waals surface area contributed by atoms with E-state index in [1.54, 1.807) is 10.9 Å². The molecule has 0 unspecified atom stereocenters. The van der Waals surface area contributed by atoms with Gasteiger partial charge in [0, 0.05) is 26.3 Å². The third-order valence-electron chi connectivity index (χ3n) is 2.76. The summed E-state index contributed by atoms with van der Waals surface area (Å²) >= 11 is 7.40. The minimum absolute atomic E-state index is 0.202. The Morgan fingerprint density at radius 2 is 2.05 bits per heavy atom. The molecule has 0 aromatic carbocycles. The second-order valence-corrected chi connectivity index (χ2v) is 5.62. The average Bonchev–Trinajstić information content (AvgIpc) is 2.84. The van der Waals surface area contributed by atoms with Crippen LogP contribution >= 0.6 is 23.4 Å². The highest BCUT2D eigenvalue weighted by atomic mass is 35.5. The summed E-state index contributed by atoms with van der Waals surface area (Å²) in [6, 6.07) is 0. The van der Waals surface area contributed by atoms with Crippen molar-refractivity contribution in [2.75, 3.05) is 31.2 Å². The van der Waals surface area contributed by atoms with E-state index in [1.165, 1.54) is 11.8 Å². The Hall–Kier alpha value is -1.38.